The standard InChI is InChI=1S/C28H34N2O4S/c1-5-23-13-10-14-24(6-2)28(23)29-27(31)20-30(18-17-22-11-8-7-9-12-22)35(32,33)26-19-21(3)15-16-25(26)34-4/h7-16,19H,5-6,17-18,20H2,1-4H3,(H,29,31). The molecule has 0 bridgehead atoms. The summed E-state index contributed by atoms with van der Waals surface area (Å²) in [6.07, 6.45) is 2.01. The first kappa shape index (κ1) is 26.4. The number of carbonyl (C=O) groups is 1. The molecule has 0 aliphatic heterocycles. The van der Waals surface area contributed by atoms with Crippen molar-refractivity contribution in [1.29, 1.82) is 0 Å². The molecule has 3 aromatic rings. The van der Waals surface area contributed by atoms with E-state index < -0.39 is 10.0 Å². The number of sulfonamides is 1. The summed E-state index contributed by atoms with van der Waals surface area (Å²) >= 11 is 0. The highest BCUT2D eigenvalue weighted by molar-refractivity contribution is 7.89. The molecule has 35 heavy (non-hydrogen) atoms. The van der Waals surface area contributed by atoms with Crippen molar-refractivity contribution >= 4 is 21.6 Å². The van der Waals surface area contributed by atoms with E-state index in [1.807, 2.05) is 69.3 Å². The van der Waals surface area contributed by atoms with Crippen molar-refractivity contribution in [3.05, 3.63) is 89.0 Å². The summed E-state index contributed by atoms with van der Waals surface area (Å²) in [7, 11) is -2.56. The van der Waals surface area contributed by atoms with E-state index in [1.54, 1.807) is 18.2 Å². The van der Waals surface area contributed by atoms with E-state index in [0.717, 1.165) is 40.8 Å². The highest BCUT2D eigenvalue weighted by atomic mass is 32.2. The predicted molar refractivity (Wildman–Crippen MR) is 140 cm³/mol. The van der Waals surface area contributed by atoms with E-state index in [0.29, 0.717) is 6.42 Å². The van der Waals surface area contributed by atoms with Crippen molar-refractivity contribution in [3.8, 4) is 5.75 Å². The Hall–Kier alpha value is -3.16. The van der Waals surface area contributed by atoms with Gasteiger partial charge in [-0.05, 0) is 60.6 Å². The monoisotopic (exact) mass is 494 g/mol. The number of nitrogens with zero attached hydrogens (tertiary/aromatic N) is 1. The Morgan fingerprint density at radius 3 is 2.20 bits per heavy atom. The van der Waals surface area contributed by atoms with Crippen molar-refractivity contribution in [2.24, 2.45) is 0 Å². The normalized spacial score (nSPS) is 11.5. The number of anilines is 1. The SMILES string of the molecule is CCc1cccc(CC)c1NC(=O)CN(CCc1ccccc1)S(=O)(=O)c1cc(C)ccc1OC. The van der Waals surface area contributed by atoms with Gasteiger partial charge < -0.3 is 10.1 Å². The van der Waals surface area contributed by atoms with Crippen molar-refractivity contribution in [3.63, 3.8) is 0 Å². The molecule has 3 aromatic carbocycles. The molecule has 0 fully saturated rings. The molecule has 6 nitrogen and oxygen atoms in total. The van der Waals surface area contributed by atoms with Gasteiger partial charge in [-0.2, -0.15) is 4.31 Å². The number of rotatable bonds is 11. The van der Waals surface area contributed by atoms with E-state index in [4.69, 9.17) is 4.74 Å². The van der Waals surface area contributed by atoms with E-state index in [9.17, 15) is 13.2 Å². The molecule has 186 valence electrons. The van der Waals surface area contributed by atoms with Crippen LogP contribution in [0.4, 0.5) is 5.69 Å². The zero-order chi connectivity index (χ0) is 25.4. The summed E-state index contributed by atoms with van der Waals surface area (Å²) in [6, 6.07) is 20.6. The van der Waals surface area contributed by atoms with Crippen LogP contribution in [0.25, 0.3) is 0 Å². The van der Waals surface area contributed by atoms with Gasteiger partial charge in [0.25, 0.3) is 0 Å². The fourth-order valence-corrected chi connectivity index (χ4v) is 5.69. The van der Waals surface area contributed by atoms with Crippen LogP contribution >= 0.6 is 0 Å². The Morgan fingerprint density at radius 2 is 1.60 bits per heavy atom. The van der Waals surface area contributed by atoms with Crippen LogP contribution in [0.2, 0.25) is 0 Å². The van der Waals surface area contributed by atoms with Gasteiger partial charge in [-0.15, -0.1) is 0 Å². The average molecular weight is 495 g/mol. The molecule has 0 atom stereocenters. The minimum absolute atomic E-state index is 0.0593. The second kappa shape index (κ2) is 12.0. The second-order valence-electron chi connectivity index (χ2n) is 8.44. The first-order chi connectivity index (χ1) is 16.8. The summed E-state index contributed by atoms with van der Waals surface area (Å²) in [6.45, 7) is 5.75. The number of benzene rings is 3. The van der Waals surface area contributed by atoms with Crippen molar-refractivity contribution in [2.45, 2.75) is 44.9 Å². The zero-order valence-corrected chi connectivity index (χ0v) is 21.7. The fraction of sp³-hybridized carbons (Fsp3) is 0.321. The molecular weight excluding hydrogens is 460 g/mol. The highest BCUT2D eigenvalue weighted by Crippen LogP contribution is 2.28. The van der Waals surface area contributed by atoms with E-state index in [1.165, 1.54) is 11.4 Å². The Morgan fingerprint density at radius 1 is 0.943 bits per heavy atom. The van der Waals surface area contributed by atoms with Crippen LogP contribution in [0, 0.1) is 6.92 Å². The Labute approximate surface area is 209 Å². The molecule has 0 saturated heterocycles. The first-order valence-corrected chi connectivity index (χ1v) is 13.3. The molecule has 0 heterocycles. The second-order valence-corrected chi connectivity index (χ2v) is 10.3. The third-order valence-electron chi connectivity index (χ3n) is 6.01. The zero-order valence-electron chi connectivity index (χ0n) is 20.9. The first-order valence-electron chi connectivity index (χ1n) is 11.9. The lowest BCUT2D eigenvalue weighted by Crippen LogP contribution is -2.39. The maximum Gasteiger partial charge on any atom is 0.247 e. The highest BCUT2D eigenvalue weighted by Gasteiger charge is 2.30. The van der Waals surface area contributed by atoms with Gasteiger partial charge in [-0.1, -0.05) is 68.4 Å². The van der Waals surface area contributed by atoms with Crippen LogP contribution in [-0.2, 0) is 34.1 Å². The third kappa shape index (κ3) is 6.50. The van der Waals surface area contributed by atoms with Crippen molar-refractivity contribution < 1.29 is 17.9 Å². The summed E-state index contributed by atoms with van der Waals surface area (Å²) in [5.41, 5.74) is 4.61. The summed E-state index contributed by atoms with van der Waals surface area (Å²) < 4.78 is 34.2. The van der Waals surface area contributed by atoms with Crippen LogP contribution in [-0.4, -0.2) is 38.8 Å². The molecule has 0 unspecified atom stereocenters. The van der Waals surface area contributed by atoms with Gasteiger partial charge in [0.2, 0.25) is 15.9 Å². The lowest BCUT2D eigenvalue weighted by Gasteiger charge is -2.24. The number of aryl methyl sites for hydroxylation is 3. The van der Waals surface area contributed by atoms with Gasteiger partial charge in [0.05, 0.1) is 13.7 Å². The summed E-state index contributed by atoms with van der Waals surface area (Å²) in [5.74, 6) is -0.117. The number of para-hydroxylation sites is 1. The number of methoxy groups -OCH3 is 1. The van der Waals surface area contributed by atoms with E-state index in [2.05, 4.69) is 5.32 Å². The fourth-order valence-electron chi connectivity index (χ4n) is 4.05. The molecule has 0 spiro atoms. The van der Waals surface area contributed by atoms with Gasteiger partial charge in [0.15, 0.2) is 0 Å². The Balaban J connectivity index is 1.93. The largest absolute Gasteiger partial charge is 0.495 e. The molecule has 1 N–H and O–H groups in total. The van der Waals surface area contributed by atoms with E-state index in [-0.39, 0.29) is 29.6 Å². The number of hydrogen-bond acceptors (Lipinski definition) is 4. The number of amides is 1. The van der Waals surface area contributed by atoms with Crippen molar-refractivity contribution in [2.75, 3.05) is 25.5 Å². The molecule has 0 aliphatic rings. The predicted octanol–water partition coefficient (Wildman–Crippen LogP) is 5.00. The van der Waals surface area contributed by atoms with Gasteiger partial charge in [-0.25, -0.2) is 8.42 Å². The van der Waals surface area contributed by atoms with Crippen LogP contribution < -0.4 is 10.1 Å². The number of ether oxygens (including phenoxy) is 1. The maximum absolute atomic E-state index is 13.8. The van der Waals surface area contributed by atoms with Crippen LogP contribution in [0.1, 0.15) is 36.1 Å². The number of carbonyl (C=O) groups excluding carboxylic acids is 1. The molecule has 0 radical (unpaired) electrons. The van der Waals surface area contributed by atoms with Crippen LogP contribution in [0.3, 0.4) is 0 Å². The van der Waals surface area contributed by atoms with Gasteiger partial charge in [0, 0.05) is 12.2 Å². The third-order valence-corrected chi connectivity index (χ3v) is 7.88. The van der Waals surface area contributed by atoms with Crippen LogP contribution in [0.15, 0.2) is 71.6 Å². The number of nitrogens with one attached hydrogen (secondary N) is 1. The number of hydrogen-bond donors (Lipinski definition) is 1. The van der Waals surface area contributed by atoms with Gasteiger partial charge in [0.1, 0.15) is 10.6 Å². The lowest BCUT2D eigenvalue weighted by atomic mass is 10.0. The molecule has 0 saturated carbocycles. The topological polar surface area (TPSA) is 75.7 Å². The average Bonchev–Trinajstić information content (AvgIpc) is 2.87. The molecule has 3 rings (SSSR count). The minimum Gasteiger partial charge on any atom is -0.495 e. The summed E-state index contributed by atoms with van der Waals surface area (Å²) in [4.78, 5) is 13.3. The summed E-state index contributed by atoms with van der Waals surface area (Å²) in [5, 5.41) is 3.00. The minimum atomic E-state index is -4.01. The molecule has 1 amide bonds. The Bertz CT molecular complexity index is 1230. The van der Waals surface area contributed by atoms with Crippen molar-refractivity contribution in [1.82, 2.24) is 4.31 Å². The van der Waals surface area contributed by atoms with Gasteiger partial charge >= 0.3 is 0 Å². The van der Waals surface area contributed by atoms with E-state index >= 15 is 0 Å². The molecule has 0 aliphatic carbocycles. The quantitative estimate of drug-likeness (QED) is 0.407. The lowest BCUT2D eigenvalue weighted by molar-refractivity contribution is -0.116. The molecule has 7 heteroatoms. The smallest absolute Gasteiger partial charge is 0.247 e. The Kier molecular flexibility index (Phi) is 9.07. The van der Waals surface area contributed by atoms with Crippen LogP contribution in [0.5, 0.6) is 5.75 Å². The maximum atomic E-state index is 13.8. The molecule has 0 aromatic heterocycles. The van der Waals surface area contributed by atoms with Gasteiger partial charge in [-0.3, -0.25) is 4.79 Å². The molecular formula is C28H34N2O4S.